The summed E-state index contributed by atoms with van der Waals surface area (Å²) in [5, 5.41) is 3.48. The van der Waals surface area contributed by atoms with Crippen molar-refractivity contribution in [2.45, 2.75) is 38.3 Å². The lowest BCUT2D eigenvalue weighted by atomic mass is 10.1. The molecule has 0 bridgehead atoms. The van der Waals surface area contributed by atoms with Gasteiger partial charge in [-0.2, -0.15) is 0 Å². The van der Waals surface area contributed by atoms with Crippen molar-refractivity contribution in [2.24, 2.45) is 0 Å². The van der Waals surface area contributed by atoms with Gasteiger partial charge in [0.25, 0.3) is 0 Å². The Morgan fingerprint density at radius 1 is 1.60 bits per heavy atom. The Kier molecular flexibility index (Phi) is 3.59. The predicted molar refractivity (Wildman–Crippen MR) is 57.6 cm³/mol. The van der Waals surface area contributed by atoms with Crippen molar-refractivity contribution in [1.82, 2.24) is 10.2 Å². The number of hydrogen-bond donors (Lipinski definition) is 1. The largest absolute Gasteiger partial charge is 0.463 e. The van der Waals surface area contributed by atoms with E-state index in [2.05, 4.69) is 17.1 Å². The van der Waals surface area contributed by atoms with Gasteiger partial charge in [0.1, 0.15) is 6.61 Å². The van der Waals surface area contributed by atoms with Crippen LogP contribution >= 0.6 is 0 Å². The number of cyclic esters (lactones) is 1. The molecule has 0 aromatic rings. The molecule has 0 aliphatic carbocycles. The lowest BCUT2D eigenvalue weighted by Gasteiger charge is -2.32. The first-order valence-electron chi connectivity index (χ1n) is 5.89. The molecule has 4 nitrogen and oxygen atoms in total. The standard InChI is InChI=1S/C11H20N2O2/c1-9-8-15-11(14)7-13(9)6-4-10-3-2-5-12-10/h9-10,12H,2-8H2,1H3. The minimum absolute atomic E-state index is 0.0764. The summed E-state index contributed by atoms with van der Waals surface area (Å²) in [6.45, 7) is 5.30. The van der Waals surface area contributed by atoms with Gasteiger partial charge in [-0.3, -0.25) is 9.69 Å². The molecule has 2 saturated heterocycles. The lowest BCUT2D eigenvalue weighted by molar-refractivity contribution is -0.153. The first kappa shape index (κ1) is 10.9. The highest BCUT2D eigenvalue weighted by molar-refractivity contribution is 5.72. The molecular weight excluding hydrogens is 192 g/mol. The zero-order valence-corrected chi connectivity index (χ0v) is 9.37. The van der Waals surface area contributed by atoms with Crippen LogP contribution in [-0.2, 0) is 9.53 Å². The van der Waals surface area contributed by atoms with Crippen LogP contribution in [0.4, 0.5) is 0 Å². The molecule has 2 aliphatic rings. The quantitative estimate of drug-likeness (QED) is 0.687. The maximum atomic E-state index is 11.1. The number of ether oxygens (including phenoxy) is 1. The van der Waals surface area contributed by atoms with Gasteiger partial charge >= 0.3 is 5.97 Å². The second-order valence-corrected chi connectivity index (χ2v) is 4.58. The van der Waals surface area contributed by atoms with Crippen LogP contribution in [-0.4, -0.2) is 49.2 Å². The molecule has 0 saturated carbocycles. The fraction of sp³-hybridized carbons (Fsp3) is 0.909. The molecule has 0 spiro atoms. The van der Waals surface area contributed by atoms with Gasteiger partial charge in [0, 0.05) is 18.6 Å². The molecule has 2 unspecified atom stereocenters. The lowest BCUT2D eigenvalue weighted by Crippen LogP contribution is -2.47. The molecule has 4 heteroatoms. The number of hydrogen-bond acceptors (Lipinski definition) is 4. The number of morpholine rings is 1. The summed E-state index contributed by atoms with van der Waals surface area (Å²) in [5.74, 6) is -0.0764. The van der Waals surface area contributed by atoms with Crippen molar-refractivity contribution in [3.63, 3.8) is 0 Å². The van der Waals surface area contributed by atoms with Crippen molar-refractivity contribution >= 4 is 5.97 Å². The molecule has 2 fully saturated rings. The summed E-state index contributed by atoms with van der Waals surface area (Å²) in [6.07, 6.45) is 3.73. The third kappa shape index (κ3) is 2.92. The van der Waals surface area contributed by atoms with E-state index >= 15 is 0 Å². The van der Waals surface area contributed by atoms with Crippen molar-refractivity contribution in [3.8, 4) is 0 Å². The van der Waals surface area contributed by atoms with Crippen LogP contribution in [0.5, 0.6) is 0 Å². The van der Waals surface area contributed by atoms with Crippen molar-refractivity contribution in [2.75, 3.05) is 26.2 Å². The van der Waals surface area contributed by atoms with E-state index in [1.807, 2.05) is 0 Å². The predicted octanol–water partition coefficient (Wildman–Crippen LogP) is 0.376. The van der Waals surface area contributed by atoms with Gasteiger partial charge in [-0.25, -0.2) is 0 Å². The number of nitrogens with one attached hydrogen (secondary N) is 1. The molecule has 0 aromatic heterocycles. The fourth-order valence-electron chi connectivity index (χ4n) is 2.31. The first-order chi connectivity index (χ1) is 7.25. The summed E-state index contributed by atoms with van der Waals surface area (Å²) >= 11 is 0. The minimum atomic E-state index is -0.0764. The molecule has 0 amide bonds. The summed E-state index contributed by atoms with van der Waals surface area (Å²) in [6, 6.07) is 1.04. The van der Waals surface area contributed by atoms with Crippen LogP contribution in [0, 0.1) is 0 Å². The molecule has 15 heavy (non-hydrogen) atoms. The number of nitrogens with zero attached hydrogens (tertiary/aromatic N) is 1. The highest BCUT2D eigenvalue weighted by Gasteiger charge is 2.25. The Morgan fingerprint density at radius 2 is 2.47 bits per heavy atom. The summed E-state index contributed by atoms with van der Waals surface area (Å²) in [5.41, 5.74) is 0. The van der Waals surface area contributed by atoms with Gasteiger partial charge < -0.3 is 10.1 Å². The van der Waals surface area contributed by atoms with Crippen LogP contribution in [0.2, 0.25) is 0 Å². The fourth-order valence-corrected chi connectivity index (χ4v) is 2.31. The topological polar surface area (TPSA) is 41.6 Å². The SMILES string of the molecule is CC1COC(=O)CN1CCC1CCCN1. The van der Waals surface area contributed by atoms with E-state index < -0.39 is 0 Å². The van der Waals surface area contributed by atoms with Crippen LogP contribution in [0.15, 0.2) is 0 Å². The smallest absolute Gasteiger partial charge is 0.320 e. The minimum Gasteiger partial charge on any atom is -0.463 e. The highest BCUT2D eigenvalue weighted by atomic mass is 16.5. The molecule has 2 aliphatic heterocycles. The van der Waals surface area contributed by atoms with Crippen molar-refractivity contribution < 1.29 is 9.53 Å². The van der Waals surface area contributed by atoms with Gasteiger partial charge in [-0.15, -0.1) is 0 Å². The van der Waals surface area contributed by atoms with Gasteiger partial charge in [0.05, 0.1) is 6.54 Å². The second kappa shape index (κ2) is 4.94. The van der Waals surface area contributed by atoms with Crippen molar-refractivity contribution in [3.05, 3.63) is 0 Å². The third-order valence-corrected chi connectivity index (χ3v) is 3.37. The second-order valence-electron chi connectivity index (χ2n) is 4.58. The van der Waals surface area contributed by atoms with E-state index in [0.29, 0.717) is 25.2 Å². The van der Waals surface area contributed by atoms with E-state index in [1.165, 1.54) is 12.8 Å². The Labute approximate surface area is 91.0 Å². The van der Waals surface area contributed by atoms with E-state index in [4.69, 9.17) is 4.74 Å². The molecule has 1 N–H and O–H groups in total. The van der Waals surface area contributed by atoms with Gasteiger partial charge in [-0.05, 0) is 32.7 Å². The summed E-state index contributed by atoms with van der Waals surface area (Å²) in [4.78, 5) is 13.4. The van der Waals surface area contributed by atoms with Crippen LogP contribution < -0.4 is 5.32 Å². The van der Waals surface area contributed by atoms with E-state index in [-0.39, 0.29) is 5.97 Å². The number of carbonyl (C=O) groups is 1. The van der Waals surface area contributed by atoms with Crippen LogP contribution in [0.25, 0.3) is 0 Å². The molecule has 86 valence electrons. The molecule has 2 rings (SSSR count). The average Bonchev–Trinajstić information content (AvgIpc) is 2.72. The van der Waals surface area contributed by atoms with E-state index in [9.17, 15) is 4.79 Å². The third-order valence-electron chi connectivity index (χ3n) is 3.37. The molecular formula is C11H20N2O2. The van der Waals surface area contributed by atoms with Crippen LogP contribution in [0.3, 0.4) is 0 Å². The Bertz CT molecular complexity index is 227. The summed E-state index contributed by atoms with van der Waals surface area (Å²) < 4.78 is 5.00. The Morgan fingerprint density at radius 3 is 3.20 bits per heavy atom. The van der Waals surface area contributed by atoms with Crippen molar-refractivity contribution in [1.29, 1.82) is 0 Å². The van der Waals surface area contributed by atoms with Gasteiger partial charge in [0.2, 0.25) is 0 Å². The molecule has 2 heterocycles. The zero-order chi connectivity index (χ0) is 10.7. The van der Waals surface area contributed by atoms with Gasteiger partial charge in [0.15, 0.2) is 0 Å². The molecule has 0 radical (unpaired) electrons. The normalized spacial score (nSPS) is 33.0. The monoisotopic (exact) mass is 212 g/mol. The molecule has 0 aromatic carbocycles. The highest BCUT2D eigenvalue weighted by Crippen LogP contribution is 2.12. The van der Waals surface area contributed by atoms with Gasteiger partial charge in [-0.1, -0.05) is 0 Å². The first-order valence-corrected chi connectivity index (χ1v) is 5.89. The number of carbonyl (C=O) groups excluding carboxylic acids is 1. The maximum Gasteiger partial charge on any atom is 0.320 e. The maximum absolute atomic E-state index is 11.1. The summed E-state index contributed by atoms with van der Waals surface area (Å²) in [7, 11) is 0. The Hall–Kier alpha value is -0.610. The zero-order valence-electron chi connectivity index (χ0n) is 9.37. The van der Waals surface area contributed by atoms with E-state index in [0.717, 1.165) is 19.5 Å². The average molecular weight is 212 g/mol. The Balaban J connectivity index is 1.74. The number of rotatable bonds is 3. The molecule has 2 atom stereocenters. The van der Waals surface area contributed by atoms with E-state index in [1.54, 1.807) is 0 Å². The number of esters is 1. The van der Waals surface area contributed by atoms with Crippen LogP contribution in [0.1, 0.15) is 26.2 Å².